The molecule has 2 aromatic carbocycles. The molecule has 0 N–H and O–H groups in total. The first-order chi connectivity index (χ1) is 16.5. The summed E-state index contributed by atoms with van der Waals surface area (Å²) in [5, 5.41) is 0. The molecule has 5 rings (SSSR count). The van der Waals surface area contributed by atoms with E-state index in [-0.39, 0.29) is 23.3 Å². The quantitative estimate of drug-likeness (QED) is 0.405. The highest BCUT2D eigenvalue weighted by Gasteiger charge is 2.50. The molecule has 0 spiro atoms. The van der Waals surface area contributed by atoms with E-state index in [0.29, 0.717) is 0 Å². The fourth-order valence-corrected chi connectivity index (χ4v) is 5.98. The first kappa shape index (κ1) is 22.3. The first-order valence-corrected chi connectivity index (χ1v) is 12.4. The highest BCUT2D eigenvalue weighted by molar-refractivity contribution is 6.00. The number of aryl methyl sites for hydroxylation is 1. The SMILES string of the molecule is [C-]#[N+]C1=C[C@]2(C)c3nc(-c4ccccc4)n(-c4cccc(CCCC)c4)c3CC[C@H]2[C@H](C)C1=O. The van der Waals surface area contributed by atoms with Crippen molar-refractivity contribution in [2.75, 3.05) is 0 Å². The lowest BCUT2D eigenvalue weighted by atomic mass is 9.59. The van der Waals surface area contributed by atoms with Gasteiger partial charge in [-0.25, -0.2) is 9.83 Å². The highest BCUT2D eigenvalue weighted by atomic mass is 16.1. The van der Waals surface area contributed by atoms with Gasteiger partial charge in [-0.1, -0.05) is 75.7 Å². The molecule has 4 heteroatoms. The Morgan fingerprint density at radius 1 is 1.18 bits per heavy atom. The fourth-order valence-electron chi connectivity index (χ4n) is 5.98. The number of ketones is 1. The van der Waals surface area contributed by atoms with Crippen molar-refractivity contribution < 1.29 is 4.79 Å². The first-order valence-electron chi connectivity index (χ1n) is 12.4. The number of allylic oxidation sites excluding steroid dienone is 2. The van der Waals surface area contributed by atoms with Gasteiger partial charge in [-0.05, 0) is 49.3 Å². The van der Waals surface area contributed by atoms with E-state index in [0.717, 1.165) is 42.0 Å². The third kappa shape index (κ3) is 3.51. The molecular weight excluding hydrogens is 418 g/mol. The summed E-state index contributed by atoms with van der Waals surface area (Å²) in [5.74, 6) is 0.894. The highest BCUT2D eigenvalue weighted by Crippen LogP contribution is 2.51. The Morgan fingerprint density at radius 3 is 2.71 bits per heavy atom. The summed E-state index contributed by atoms with van der Waals surface area (Å²) in [6.45, 7) is 14.0. The lowest BCUT2D eigenvalue weighted by Gasteiger charge is -2.44. The second kappa shape index (κ2) is 8.72. The molecule has 4 nitrogen and oxygen atoms in total. The van der Waals surface area contributed by atoms with Crippen molar-refractivity contribution >= 4 is 5.78 Å². The zero-order valence-corrected chi connectivity index (χ0v) is 20.2. The van der Waals surface area contributed by atoms with Crippen molar-refractivity contribution in [3.05, 3.63) is 94.7 Å². The predicted octanol–water partition coefficient (Wildman–Crippen LogP) is 6.72. The zero-order valence-electron chi connectivity index (χ0n) is 20.2. The summed E-state index contributed by atoms with van der Waals surface area (Å²) in [6, 6.07) is 19.2. The molecule has 34 heavy (non-hydrogen) atoms. The molecule has 3 aromatic rings. The van der Waals surface area contributed by atoms with Crippen LogP contribution in [0.2, 0.25) is 0 Å². The minimum Gasteiger partial charge on any atom is -0.308 e. The van der Waals surface area contributed by atoms with E-state index in [1.54, 1.807) is 0 Å². The Bertz CT molecular complexity index is 1310. The topological polar surface area (TPSA) is 39.2 Å². The van der Waals surface area contributed by atoms with Crippen LogP contribution in [0.1, 0.15) is 57.0 Å². The van der Waals surface area contributed by atoms with Gasteiger partial charge >= 0.3 is 0 Å². The van der Waals surface area contributed by atoms with Gasteiger partial charge in [0, 0.05) is 28.3 Å². The molecule has 0 radical (unpaired) electrons. The smallest absolute Gasteiger partial charge is 0.226 e. The van der Waals surface area contributed by atoms with E-state index >= 15 is 0 Å². The van der Waals surface area contributed by atoms with Crippen LogP contribution in [-0.2, 0) is 23.1 Å². The maximum absolute atomic E-state index is 12.8. The lowest BCUT2D eigenvalue weighted by Crippen LogP contribution is -2.45. The van der Waals surface area contributed by atoms with Crippen molar-refractivity contribution in [3.63, 3.8) is 0 Å². The van der Waals surface area contributed by atoms with E-state index in [1.807, 2.05) is 31.2 Å². The molecule has 3 atom stereocenters. The Labute approximate surface area is 202 Å². The van der Waals surface area contributed by atoms with Crippen molar-refractivity contribution in [1.82, 2.24) is 9.55 Å². The normalized spacial score (nSPS) is 23.6. The lowest BCUT2D eigenvalue weighted by molar-refractivity contribution is -0.121. The van der Waals surface area contributed by atoms with Crippen LogP contribution in [0.25, 0.3) is 21.9 Å². The number of carbonyl (C=O) groups is 1. The van der Waals surface area contributed by atoms with Gasteiger partial charge in [-0.15, -0.1) is 0 Å². The number of carbonyl (C=O) groups excluding carboxylic acids is 1. The molecule has 2 aliphatic carbocycles. The molecule has 0 unspecified atom stereocenters. The van der Waals surface area contributed by atoms with Gasteiger partial charge in [-0.2, -0.15) is 0 Å². The van der Waals surface area contributed by atoms with E-state index in [4.69, 9.17) is 11.6 Å². The summed E-state index contributed by atoms with van der Waals surface area (Å²) < 4.78 is 2.33. The average molecular weight is 450 g/mol. The predicted molar refractivity (Wildman–Crippen MR) is 136 cm³/mol. The number of nitrogens with zero attached hydrogens (tertiary/aromatic N) is 3. The minimum absolute atomic E-state index is 0.0211. The molecule has 0 amide bonds. The van der Waals surface area contributed by atoms with Crippen molar-refractivity contribution in [3.8, 4) is 17.1 Å². The van der Waals surface area contributed by atoms with Crippen LogP contribution in [0.5, 0.6) is 0 Å². The second-order valence-electron chi connectivity index (χ2n) is 9.93. The molecule has 0 bridgehead atoms. The number of imidazole rings is 1. The molecule has 0 saturated heterocycles. The molecule has 2 aliphatic rings. The van der Waals surface area contributed by atoms with Crippen LogP contribution < -0.4 is 0 Å². The number of Topliss-reactive ketones (excluding diaryl/α,β-unsaturated/α-hetero) is 1. The van der Waals surface area contributed by atoms with E-state index in [1.165, 1.54) is 24.1 Å². The van der Waals surface area contributed by atoms with E-state index in [2.05, 4.69) is 59.7 Å². The van der Waals surface area contributed by atoms with Gasteiger partial charge in [0.1, 0.15) is 5.82 Å². The molecule has 0 fully saturated rings. The molecular formula is C30H31N3O. The fraction of sp³-hybridized carbons (Fsp3) is 0.367. The van der Waals surface area contributed by atoms with Crippen LogP contribution in [0.3, 0.4) is 0 Å². The van der Waals surface area contributed by atoms with Gasteiger partial charge < -0.3 is 4.79 Å². The Hall–Kier alpha value is -3.45. The summed E-state index contributed by atoms with van der Waals surface area (Å²) >= 11 is 0. The van der Waals surface area contributed by atoms with Crippen molar-refractivity contribution in [2.45, 2.75) is 58.3 Å². The summed E-state index contributed by atoms with van der Waals surface area (Å²) in [7, 11) is 0. The van der Waals surface area contributed by atoms with Crippen LogP contribution >= 0.6 is 0 Å². The van der Waals surface area contributed by atoms with Crippen LogP contribution in [0.15, 0.2) is 66.4 Å². The summed E-state index contributed by atoms with van der Waals surface area (Å²) in [4.78, 5) is 21.7. The van der Waals surface area contributed by atoms with Crippen molar-refractivity contribution in [2.24, 2.45) is 11.8 Å². The number of rotatable bonds is 5. The number of hydrogen-bond acceptors (Lipinski definition) is 2. The van der Waals surface area contributed by atoms with Crippen LogP contribution in [0.4, 0.5) is 0 Å². The summed E-state index contributed by atoms with van der Waals surface area (Å²) in [5.41, 5.74) is 5.59. The van der Waals surface area contributed by atoms with E-state index in [9.17, 15) is 4.79 Å². The Kier molecular flexibility index (Phi) is 5.73. The van der Waals surface area contributed by atoms with Gasteiger partial charge in [-0.3, -0.25) is 4.57 Å². The third-order valence-electron chi connectivity index (χ3n) is 7.79. The van der Waals surface area contributed by atoms with Gasteiger partial charge in [0.25, 0.3) is 0 Å². The maximum Gasteiger partial charge on any atom is 0.226 e. The van der Waals surface area contributed by atoms with E-state index < -0.39 is 5.41 Å². The molecule has 0 saturated carbocycles. The van der Waals surface area contributed by atoms with Gasteiger partial charge in [0.2, 0.25) is 5.70 Å². The number of benzene rings is 2. The number of fused-ring (bicyclic) bond motifs is 3. The minimum atomic E-state index is -0.435. The standard InChI is InChI=1S/C30H31N3O/c1-5-6-11-21-12-10-15-23(18-21)33-26-17-16-24-20(2)27(34)25(31-4)19-30(24,3)28(26)32-29(33)22-13-8-7-9-14-22/h7-10,12-15,18-20,24H,5-6,11,16-17H2,1-3H3/t20-,24-,30-/m0/s1. The van der Waals surface area contributed by atoms with Gasteiger partial charge in [0.05, 0.1) is 12.3 Å². The molecule has 1 heterocycles. The monoisotopic (exact) mass is 449 g/mol. The Balaban J connectivity index is 1.74. The maximum atomic E-state index is 12.8. The molecule has 172 valence electrons. The average Bonchev–Trinajstić information content (AvgIpc) is 3.27. The number of unbranched alkanes of at least 4 members (excludes halogenated alkanes) is 1. The summed E-state index contributed by atoms with van der Waals surface area (Å²) in [6.07, 6.45) is 7.10. The number of hydrogen-bond donors (Lipinski definition) is 0. The number of aromatic nitrogens is 2. The molecule has 0 aliphatic heterocycles. The molecule has 1 aromatic heterocycles. The second-order valence-corrected chi connectivity index (χ2v) is 9.93. The third-order valence-corrected chi connectivity index (χ3v) is 7.79. The Morgan fingerprint density at radius 2 is 1.97 bits per heavy atom. The zero-order chi connectivity index (χ0) is 23.9. The van der Waals surface area contributed by atoms with Crippen molar-refractivity contribution in [1.29, 1.82) is 0 Å². The van der Waals surface area contributed by atoms with Crippen LogP contribution in [-0.4, -0.2) is 15.3 Å². The largest absolute Gasteiger partial charge is 0.308 e. The van der Waals surface area contributed by atoms with Gasteiger partial charge in [0.15, 0.2) is 5.78 Å². The van der Waals surface area contributed by atoms with Crippen LogP contribution in [0, 0.1) is 18.4 Å².